The minimum atomic E-state index is -3.72. The second-order valence-electron chi connectivity index (χ2n) is 5.46. The molecule has 1 N–H and O–H groups in total. The maximum absolute atomic E-state index is 12.3. The van der Waals surface area contributed by atoms with Crippen LogP contribution in [0.3, 0.4) is 0 Å². The number of hydrogen-bond donors (Lipinski definition) is 1. The van der Waals surface area contributed by atoms with Crippen molar-refractivity contribution in [2.45, 2.75) is 4.90 Å². The van der Waals surface area contributed by atoms with Crippen LogP contribution in [-0.4, -0.2) is 21.2 Å². The number of nitrogens with one attached hydrogen (secondary N) is 1. The molecule has 132 valence electrons. The van der Waals surface area contributed by atoms with E-state index in [-0.39, 0.29) is 4.90 Å². The Balaban J connectivity index is 1.94. The number of fused-ring (bicyclic) bond motifs is 1. The van der Waals surface area contributed by atoms with E-state index in [1.807, 2.05) is 36.4 Å². The molecule has 0 aliphatic rings. The van der Waals surface area contributed by atoms with Crippen molar-refractivity contribution in [3.63, 3.8) is 0 Å². The Morgan fingerprint density at radius 1 is 1.00 bits per heavy atom. The van der Waals surface area contributed by atoms with Crippen molar-refractivity contribution in [3.8, 4) is 5.75 Å². The molecule has 3 aromatic carbocycles. The number of sulfonamides is 1. The Bertz CT molecular complexity index is 1050. The summed E-state index contributed by atoms with van der Waals surface area (Å²) in [5, 5.41) is 5.86. The van der Waals surface area contributed by atoms with Crippen molar-refractivity contribution in [3.05, 3.63) is 84.9 Å². The van der Waals surface area contributed by atoms with Crippen LogP contribution in [0, 0.1) is 0 Å². The highest BCUT2D eigenvalue weighted by Gasteiger charge is 2.12. The van der Waals surface area contributed by atoms with Gasteiger partial charge in [-0.1, -0.05) is 61.2 Å². The molecular formula is C20H18N2O3S. The van der Waals surface area contributed by atoms with Gasteiger partial charge in [-0.2, -0.15) is 13.5 Å². The van der Waals surface area contributed by atoms with Gasteiger partial charge in [0.1, 0.15) is 12.4 Å². The molecule has 6 heteroatoms. The predicted molar refractivity (Wildman–Crippen MR) is 104 cm³/mol. The van der Waals surface area contributed by atoms with Crippen LogP contribution in [0.4, 0.5) is 0 Å². The standard InChI is InChI=1S/C20H18N2O3S/c1-2-14-25-20-13-12-16-8-6-7-11-18(16)19(20)15-21-22-26(23,24)17-9-4-3-5-10-17/h2-13,15,22H,1,14H2/b21-15+. The third-order valence-corrected chi connectivity index (χ3v) is 4.95. The zero-order valence-corrected chi connectivity index (χ0v) is 14.8. The molecule has 0 bridgehead atoms. The normalized spacial score (nSPS) is 11.5. The zero-order valence-electron chi connectivity index (χ0n) is 14.0. The van der Waals surface area contributed by atoms with Crippen LogP contribution in [-0.2, 0) is 10.0 Å². The van der Waals surface area contributed by atoms with Gasteiger partial charge in [0.15, 0.2) is 0 Å². The first-order chi connectivity index (χ1) is 12.6. The first-order valence-corrected chi connectivity index (χ1v) is 9.45. The largest absolute Gasteiger partial charge is 0.489 e. The molecule has 0 saturated heterocycles. The lowest BCUT2D eigenvalue weighted by molar-refractivity contribution is 0.363. The number of benzene rings is 3. The Kier molecular flexibility index (Phi) is 5.34. The molecule has 3 aromatic rings. The fraction of sp³-hybridized carbons (Fsp3) is 0.0500. The molecule has 0 unspecified atom stereocenters. The molecule has 26 heavy (non-hydrogen) atoms. The van der Waals surface area contributed by atoms with E-state index in [9.17, 15) is 8.42 Å². The number of hydrazone groups is 1. The van der Waals surface area contributed by atoms with Crippen molar-refractivity contribution in [1.82, 2.24) is 4.83 Å². The minimum Gasteiger partial charge on any atom is -0.489 e. The second-order valence-corrected chi connectivity index (χ2v) is 7.13. The first kappa shape index (κ1) is 17.7. The van der Waals surface area contributed by atoms with Gasteiger partial charge >= 0.3 is 0 Å². The maximum atomic E-state index is 12.3. The lowest BCUT2D eigenvalue weighted by Crippen LogP contribution is -2.18. The molecular weight excluding hydrogens is 348 g/mol. The van der Waals surface area contributed by atoms with Crippen LogP contribution in [0.1, 0.15) is 5.56 Å². The fourth-order valence-electron chi connectivity index (χ4n) is 2.50. The summed E-state index contributed by atoms with van der Waals surface area (Å²) in [6.07, 6.45) is 3.11. The third-order valence-electron chi connectivity index (χ3n) is 3.71. The summed E-state index contributed by atoms with van der Waals surface area (Å²) in [6.45, 7) is 3.99. The van der Waals surface area contributed by atoms with E-state index in [4.69, 9.17) is 4.74 Å². The molecule has 0 atom stereocenters. The molecule has 0 spiro atoms. The smallest absolute Gasteiger partial charge is 0.276 e. The maximum Gasteiger partial charge on any atom is 0.276 e. The topological polar surface area (TPSA) is 67.8 Å². The summed E-state index contributed by atoms with van der Waals surface area (Å²) in [5.74, 6) is 0.603. The first-order valence-electron chi connectivity index (χ1n) is 7.97. The van der Waals surface area contributed by atoms with Crippen LogP contribution in [0.5, 0.6) is 5.75 Å². The van der Waals surface area contributed by atoms with Crippen molar-refractivity contribution in [2.75, 3.05) is 6.61 Å². The SMILES string of the molecule is C=CCOc1ccc2ccccc2c1/C=N/NS(=O)(=O)c1ccccc1. The summed E-state index contributed by atoms with van der Waals surface area (Å²) in [7, 11) is -3.72. The molecule has 0 saturated carbocycles. The lowest BCUT2D eigenvalue weighted by Gasteiger charge is -2.10. The summed E-state index contributed by atoms with van der Waals surface area (Å²) >= 11 is 0. The molecule has 0 heterocycles. The number of rotatable bonds is 7. The van der Waals surface area contributed by atoms with Crippen LogP contribution in [0.25, 0.3) is 10.8 Å². The molecule has 0 radical (unpaired) electrons. The monoisotopic (exact) mass is 366 g/mol. The molecule has 0 amide bonds. The van der Waals surface area contributed by atoms with Gasteiger partial charge in [-0.3, -0.25) is 0 Å². The summed E-state index contributed by atoms with van der Waals surface area (Å²) < 4.78 is 30.2. The van der Waals surface area contributed by atoms with Crippen molar-refractivity contribution < 1.29 is 13.2 Å². The molecule has 3 rings (SSSR count). The average molecular weight is 366 g/mol. The molecule has 0 fully saturated rings. The van der Waals surface area contributed by atoms with Crippen LogP contribution in [0.2, 0.25) is 0 Å². The number of ether oxygens (including phenoxy) is 1. The zero-order chi connectivity index (χ0) is 18.4. The predicted octanol–water partition coefficient (Wildman–Crippen LogP) is 3.72. The van der Waals surface area contributed by atoms with E-state index in [1.165, 1.54) is 18.3 Å². The average Bonchev–Trinajstić information content (AvgIpc) is 2.67. The molecule has 0 aliphatic carbocycles. The molecule has 0 aromatic heterocycles. The van der Waals surface area contributed by atoms with Gasteiger partial charge in [-0.05, 0) is 29.0 Å². The van der Waals surface area contributed by atoms with Crippen LogP contribution < -0.4 is 9.57 Å². The van der Waals surface area contributed by atoms with Gasteiger partial charge in [0.25, 0.3) is 10.0 Å². The highest BCUT2D eigenvalue weighted by molar-refractivity contribution is 7.89. The van der Waals surface area contributed by atoms with Gasteiger partial charge in [0.05, 0.1) is 11.1 Å². The van der Waals surface area contributed by atoms with E-state index in [1.54, 1.807) is 24.3 Å². The van der Waals surface area contributed by atoms with Gasteiger partial charge < -0.3 is 4.74 Å². The highest BCUT2D eigenvalue weighted by Crippen LogP contribution is 2.26. The van der Waals surface area contributed by atoms with Crippen LogP contribution in [0.15, 0.2) is 89.4 Å². The Morgan fingerprint density at radius 2 is 1.73 bits per heavy atom. The van der Waals surface area contributed by atoms with E-state index in [0.717, 1.165) is 10.8 Å². The fourth-order valence-corrected chi connectivity index (χ4v) is 3.31. The van der Waals surface area contributed by atoms with Crippen molar-refractivity contribution >= 4 is 27.0 Å². The van der Waals surface area contributed by atoms with E-state index >= 15 is 0 Å². The molecule has 0 aliphatic heterocycles. The molecule has 5 nitrogen and oxygen atoms in total. The van der Waals surface area contributed by atoms with Gasteiger partial charge in [-0.15, -0.1) is 0 Å². The van der Waals surface area contributed by atoms with Crippen molar-refractivity contribution in [2.24, 2.45) is 5.10 Å². The van der Waals surface area contributed by atoms with Gasteiger partial charge in [0.2, 0.25) is 0 Å². The number of nitrogens with zero attached hydrogens (tertiary/aromatic N) is 1. The van der Waals surface area contributed by atoms with E-state index in [2.05, 4.69) is 16.5 Å². The minimum absolute atomic E-state index is 0.151. The van der Waals surface area contributed by atoms with Gasteiger partial charge in [0, 0.05) is 5.56 Å². The Hall–Kier alpha value is -3.12. The lowest BCUT2D eigenvalue weighted by atomic mass is 10.0. The van der Waals surface area contributed by atoms with Crippen molar-refractivity contribution in [1.29, 1.82) is 0 Å². The van der Waals surface area contributed by atoms with Gasteiger partial charge in [-0.25, -0.2) is 4.83 Å². The summed E-state index contributed by atoms with van der Waals surface area (Å²) in [5.41, 5.74) is 0.695. The number of hydrogen-bond acceptors (Lipinski definition) is 4. The second kappa shape index (κ2) is 7.84. The Morgan fingerprint density at radius 3 is 2.50 bits per heavy atom. The summed E-state index contributed by atoms with van der Waals surface area (Å²) in [6, 6.07) is 19.6. The quantitative estimate of drug-likeness (QED) is 0.394. The third kappa shape index (κ3) is 3.92. The summed E-state index contributed by atoms with van der Waals surface area (Å²) in [4.78, 5) is 2.39. The highest BCUT2D eigenvalue weighted by atomic mass is 32.2. The van der Waals surface area contributed by atoms with E-state index in [0.29, 0.717) is 17.9 Å². The Labute approximate surface area is 152 Å². The van der Waals surface area contributed by atoms with Crippen LogP contribution >= 0.6 is 0 Å². The van der Waals surface area contributed by atoms with E-state index < -0.39 is 10.0 Å².